The van der Waals surface area contributed by atoms with Gasteiger partial charge < -0.3 is 50.5 Å². The Morgan fingerprint density at radius 3 is 0.514 bits per heavy atom. The maximum Gasteiger partial charge on any atom is 4.00 e. The van der Waals surface area contributed by atoms with Crippen molar-refractivity contribution in [2.24, 2.45) is 0 Å². The van der Waals surface area contributed by atoms with Gasteiger partial charge in [0.05, 0.1) is 0 Å². The van der Waals surface area contributed by atoms with Crippen molar-refractivity contribution in [1.82, 2.24) is 0 Å². The van der Waals surface area contributed by atoms with Crippen LogP contribution < -0.4 is 0 Å². The number of rotatable bonds is 24. The third-order valence-electron chi connectivity index (χ3n) is 5.99. The maximum atomic E-state index is 4.83. The van der Waals surface area contributed by atoms with Crippen LogP contribution >= 0.6 is 0 Å². The number of hydrogen-bond acceptors (Lipinski definition) is 4. The van der Waals surface area contributed by atoms with Crippen molar-refractivity contribution in [3.8, 4) is 0 Å². The molecular formula is C32H68S4Sn. The van der Waals surface area contributed by atoms with Crippen LogP contribution in [-0.2, 0) is 50.5 Å². The first-order valence-corrected chi connectivity index (χ1v) is 18.3. The van der Waals surface area contributed by atoms with Gasteiger partial charge in [-0.15, -0.1) is 0 Å². The molecule has 37 heavy (non-hydrogen) atoms. The second-order valence-electron chi connectivity index (χ2n) is 9.89. The minimum atomic E-state index is 0. The Balaban J connectivity index is -0.000000122. The Bertz CT molecular complexity index is 214. The molecule has 0 spiro atoms. The van der Waals surface area contributed by atoms with Crippen molar-refractivity contribution in [2.45, 2.75) is 182 Å². The van der Waals surface area contributed by atoms with E-state index in [1.807, 2.05) is 0 Å². The molecule has 0 aromatic rings. The standard InChI is InChI=1S/4C8H18S.Sn/c4*1-2-3-4-5-6-7-8-9;/h4*9H,2-8H2,1H3;/q;;;;+4/p-4. The van der Waals surface area contributed by atoms with E-state index in [4.69, 9.17) is 50.5 Å². The van der Waals surface area contributed by atoms with Crippen molar-refractivity contribution in [3.63, 3.8) is 0 Å². The van der Waals surface area contributed by atoms with Gasteiger partial charge in [0.25, 0.3) is 0 Å². The van der Waals surface area contributed by atoms with Crippen LogP contribution in [0, 0.1) is 0 Å². The summed E-state index contributed by atoms with van der Waals surface area (Å²) in [5.74, 6) is 3.80. The molecule has 0 atom stereocenters. The summed E-state index contributed by atoms with van der Waals surface area (Å²) in [6.45, 7) is 8.97. The van der Waals surface area contributed by atoms with Crippen molar-refractivity contribution >= 4 is 74.4 Å². The molecule has 0 bridgehead atoms. The molecule has 0 aliphatic carbocycles. The summed E-state index contributed by atoms with van der Waals surface area (Å²) >= 11 is 19.3. The Labute approximate surface area is 277 Å². The summed E-state index contributed by atoms with van der Waals surface area (Å²) in [6, 6.07) is 0. The van der Waals surface area contributed by atoms with Gasteiger partial charge in [0.15, 0.2) is 0 Å². The predicted molar refractivity (Wildman–Crippen MR) is 188 cm³/mol. The Kier molecular flexibility index (Phi) is 76.6. The first kappa shape index (κ1) is 48.9. The van der Waals surface area contributed by atoms with E-state index in [0.717, 1.165) is 23.0 Å². The minimum Gasteiger partial charge on any atom is -0.793 e. The summed E-state index contributed by atoms with van der Waals surface area (Å²) in [5.41, 5.74) is 0. The third kappa shape index (κ3) is 72.9. The summed E-state index contributed by atoms with van der Waals surface area (Å²) in [4.78, 5) is 0. The summed E-state index contributed by atoms with van der Waals surface area (Å²) in [5, 5.41) is 0. The van der Waals surface area contributed by atoms with Crippen LogP contribution in [0.4, 0.5) is 0 Å². The fourth-order valence-corrected chi connectivity index (χ4v) is 4.35. The molecule has 0 unspecified atom stereocenters. The van der Waals surface area contributed by atoms with Gasteiger partial charge in [0.2, 0.25) is 0 Å². The third-order valence-corrected chi connectivity index (χ3v) is 7.15. The molecule has 0 heterocycles. The summed E-state index contributed by atoms with van der Waals surface area (Å²) in [7, 11) is 0. The van der Waals surface area contributed by atoms with Gasteiger partial charge in [-0.1, -0.05) is 182 Å². The largest absolute Gasteiger partial charge is 4.00 e. The molecular weight excluding hydrogens is 631 g/mol. The fraction of sp³-hybridized carbons (Fsp3) is 1.00. The van der Waals surface area contributed by atoms with Crippen LogP contribution in [0.15, 0.2) is 0 Å². The van der Waals surface area contributed by atoms with Gasteiger partial charge in [-0.2, -0.15) is 23.0 Å². The molecule has 0 fully saturated rings. The van der Waals surface area contributed by atoms with E-state index in [1.165, 1.54) is 154 Å². The Morgan fingerprint density at radius 1 is 0.243 bits per heavy atom. The quantitative estimate of drug-likeness (QED) is 0.0558. The van der Waals surface area contributed by atoms with E-state index in [-0.39, 0.29) is 23.9 Å². The second-order valence-corrected chi connectivity index (χ2v) is 11.5. The first-order valence-electron chi connectivity index (χ1n) is 16.0. The molecule has 0 saturated heterocycles. The molecule has 0 amide bonds. The smallest absolute Gasteiger partial charge is 0.793 e. The zero-order valence-corrected chi connectivity index (χ0v) is 32.1. The first-order chi connectivity index (χ1) is 17.7. The number of unbranched alkanes of at least 4 members (excludes halogenated alkanes) is 20. The zero-order chi connectivity index (χ0) is 27.8. The average Bonchev–Trinajstić information content (AvgIpc) is 2.90. The van der Waals surface area contributed by atoms with Crippen molar-refractivity contribution in [2.75, 3.05) is 23.0 Å². The van der Waals surface area contributed by atoms with Crippen molar-refractivity contribution in [1.29, 1.82) is 0 Å². The second kappa shape index (κ2) is 58.0. The van der Waals surface area contributed by atoms with E-state index in [1.54, 1.807) is 0 Å². The van der Waals surface area contributed by atoms with E-state index >= 15 is 0 Å². The van der Waals surface area contributed by atoms with Gasteiger partial charge in [-0.25, -0.2) is 0 Å². The average molecular weight is 700 g/mol. The number of hydrogen-bond donors (Lipinski definition) is 0. The summed E-state index contributed by atoms with van der Waals surface area (Å²) < 4.78 is 0. The maximum absolute atomic E-state index is 4.83. The van der Waals surface area contributed by atoms with Crippen molar-refractivity contribution in [3.05, 3.63) is 0 Å². The van der Waals surface area contributed by atoms with Crippen LogP contribution in [0.1, 0.15) is 182 Å². The van der Waals surface area contributed by atoms with Crippen molar-refractivity contribution < 1.29 is 0 Å². The Morgan fingerprint density at radius 2 is 0.378 bits per heavy atom. The monoisotopic (exact) mass is 700 g/mol. The van der Waals surface area contributed by atoms with Gasteiger partial charge in [0, 0.05) is 0 Å². The van der Waals surface area contributed by atoms with E-state index in [9.17, 15) is 0 Å². The molecule has 0 radical (unpaired) electrons. The molecule has 0 aliphatic heterocycles. The predicted octanol–water partition coefficient (Wildman–Crippen LogP) is 11.2. The molecule has 0 N–H and O–H groups in total. The van der Waals surface area contributed by atoms with Crippen LogP contribution in [-0.4, -0.2) is 46.9 Å². The normalized spacial score (nSPS) is 9.73. The van der Waals surface area contributed by atoms with Gasteiger partial charge in [-0.05, 0) is 0 Å². The van der Waals surface area contributed by atoms with Crippen LogP contribution in [0.2, 0.25) is 0 Å². The molecule has 0 rings (SSSR count). The van der Waals surface area contributed by atoms with Crippen LogP contribution in [0.25, 0.3) is 0 Å². The molecule has 224 valence electrons. The SMILES string of the molecule is CCCCCCCC[S-].CCCCCCCC[S-].CCCCCCCC[S-].CCCCCCCC[S-].[Sn+4]. The molecule has 0 aliphatic rings. The van der Waals surface area contributed by atoms with E-state index < -0.39 is 0 Å². The summed E-state index contributed by atoms with van der Waals surface area (Å²) in [6.07, 6.45) is 32.6. The van der Waals surface area contributed by atoms with Gasteiger partial charge >= 0.3 is 23.9 Å². The fourth-order valence-electron chi connectivity index (χ4n) is 3.53. The topological polar surface area (TPSA) is 0 Å². The van der Waals surface area contributed by atoms with Crippen LogP contribution in [0.5, 0.6) is 0 Å². The van der Waals surface area contributed by atoms with Gasteiger partial charge in [0.1, 0.15) is 0 Å². The van der Waals surface area contributed by atoms with Crippen LogP contribution in [0.3, 0.4) is 0 Å². The molecule has 0 aromatic carbocycles. The van der Waals surface area contributed by atoms with Gasteiger partial charge in [-0.3, -0.25) is 0 Å². The molecule has 5 heteroatoms. The Hall–Kier alpha value is 2.20. The van der Waals surface area contributed by atoms with E-state index in [0.29, 0.717) is 0 Å². The molecule has 0 nitrogen and oxygen atoms in total. The molecule has 0 saturated carbocycles. The minimum absolute atomic E-state index is 0. The molecule has 0 aromatic heterocycles. The van der Waals surface area contributed by atoms with E-state index in [2.05, 4.69) is 27.7 Å². The zero-order valence-electron chi connectivity index (χ0n) is 25.9.